The van der Waals surface area contributed by atoms with Crippen LogP contribution in [0.2, 0.25) is 0 Å². The second kappa shape index (κ2) is 5.59. The van der Waals surface area contributed by atoms with Crippen LogP contribution in [0.1, 0.15) is 12.8 Å². The molecule has 1 N–H and O–H groups in total. The van der Waals surface area contributed by atoms with Crippen molar-refractivity contribution >= 4 is 17.4 Å². The SMILES string of the molecule is O=C1NCCN1[C@@H]1CCCN(c2ccccc2[N+](=O)[O-])C1. The Hall–Kier alpha value is -2.31. The van der Waals surface area contributed by atoms with E-state index in [1.54, 1.807) is 12.1 Å². The number of carbonyl (C=O) groups is 1. The average molecular weight is 290 g/mol. The van der Waals surface area contributed by atoms with Gasteiger partial charge in [-0.3, -0.25) is 10.1 Å². The van der Waals surface area contributed by atoms with Crippen molar-refractivity contribution in [3.8, 4) is 0 Å². The molecular formula is C14H18N4O3. The number of nitro benzene ring substituents is 1. The minimum atomic E-state index is -0.346. The van der Waals surface area contributed by atoms with Gasteiger partial charge in [-0.05, 0) is 18.9 Å². The molecule has 0 radical (unpaired) electrons. The Balaban J connectivity index is 1.80. The first kappa shape index (κ1) is 13.7. The number of benzene rings is 1. The number of para-hydroxylation sites is 2. The van der Waals surface area contributed by atoms with Gasteiger partial charge >= 0.3 is 6.03 Å². The first-order chi connectivity index (χ1) is 10.2. The molecule has 0 saturated carbocycles. The number of nitro groups is 1. The van der Waals surface area contributed by atoms with Crippen molar-refractivity contribution in [1.82, 2.24) is 10.2 Å². The molecule has 1 aromatic carbocycles. The van der Waals surface area contributed by atoms with Gasteiger partial charge in [-0.1, -0.05) is 12.1 Å². The molecule has 0 aromatic heterocycles. The zero-order valence-electron chi connectivity index (χ0n) is 11.7. The molecule has 1 atom stereocenters. The lowest BCUT2D eigenvalue weighted by atomic mass is 10.0. The number of carbonyl (C=O) groups excluding carboxylic acids is 1. The van der Waals surface area contributed by atoms with Gasteiger partial charge in [0.25, 0.3) is 5.69 Å². The van der Waals surface area contributed by atoms with E-state index in [1.165, 1.54) is 6.07 Å². The third kappa shape index (κ3) is 2.63. The molecular weight excluding hydrogens is 272 g/mol. The highest BCUT2D eigenvalue weighted by atomic mass is 16.6. The Morgan fingerprint density at radius 3 is 2.81 bits per heavy atom. The average Bonchev–Trinajstić information content (AvgIpc) is 2.93. The van der Waals surface area contributed by atoms with Gasteiger partial charge in [0.05, 0.1) is 11.0 Å². The Kier molecular flexibility index (Phi) is 3.64. The van der Waals surface area contributed by atoms with E-state index in [0.717, 1.165) is 19.4 Å². The van der Waals surface area contributed by atoms with Crippen molar-refractivity contribution < 1.29 is 9.72 Å². The summed E-state index contributed by atoms with van der Waals surface area (Å²) in [6.07, 6.45) is 1.88. The molecule has 1 aromatic rings. The van der Waals surface area contributed by atoms with E-state index in [9.17, 15) is 14.9 Å². The minimum absolute atomic E-state index is 0.0237. The predicted octanol–water partition coefficient (Wildman–Crippen LogP) is 1.59. The van der Waals surface area contributed by atoms with Gasteiger partial charge in [-0.15, -0.1) is 0 Å². The van der Waals surface area contributed by atoms with Gasteiger partial charge in [0.15, 0.2) is 0 Å². The van der Waals surface area contributed by atoms with Crippen molar-refractivity contribution in [2.45, 2.75) is 18.9 Å². The molecule has 7 heteroatoms. The van der Waals surface area contributed by atoms with Crippen LogP contribution in [0.3, 0.4) is 0 Å². The summed E-state index contributed by atoms with van der Waals surface area (Å²) in [6, 6.07) is 6.91. The van der Waals surface area contributed by atoms with Crippen LogP contribution in [0.25, 0.3) is 0 Å². The topological polar surface area (TPSA) is 78.7 Å². The van der Waals surface area contributed by atoms with E-state index in [4.69, 9.17) is 0 Å². The summed E-state index contributed by atoms with van der Waals surface area (Å²) in [7, 11) is 0. The lowest BCUT2D eigenvalue weighted by Crippen LogP contribution is -2.49. The lowest BCUT2D eigenvalue weighted by molar-refractivity contribution is -0.384. The molecule has 0 unspecified atom stereocenters. The van der Waals surface area contributed by atoms with E-state index in [1.807, 2.05) is 15.9 Å². The van der Waals surface area contributed by atoms with E-state index in [0.29, 0.717) is 25.3 Å². The van der Waals surface area contributed by atoms with Crippen molar-refractivity contribution in [2.24, 2.45) is 0 Å². The maximum absolute atomic E-state index is 11.8. The van der Waals surface area contributed by atoms with Gasteiger partial charge in [0.1, 0.15) is 5.69 Å². The molecule has 2 amide bonds. The molecule has 2 saturated heterocycles. The molecule has 112 valence electrons. The van der Waals surface area contributed by atoms with Crippen LogP contribution in [-0.4, -0.2) is 48.1 Å². The van der Waals surface area contributed by atoms with Crippen LogP contribution >= 0.6 is 0 Å². The van der Waals surface area contributed by atoms with Crippen LogP contribution in [0, 0.1) is 10.1 Å². The fourth-order valence-electron chi connectivity index (χ4n) is 3.15. The molecule has 0 aliphatic carbocycles. The number of anilines is 1. The van der Waals surface area contributed by atoms with Crippen molar-refractivity contribution in [3.63, 3.8) is 0 Å². The minimum Gasteiger partial charge on any atom is -0.364 e. The Labute approximate surface area is 122 Å². The molecule has 3 rings (SSSR count). The Morgan fingerprint density at radius 1 is 1.29 bits per heavy atom. The van der Waals surface area contributed by atoms with Gasteiger partial charge in [-0.2, -0.15) is 0 Å². The number of urea groups is 1. The van der Waals surface area contributed by atoms with Gasteiger partial charge in [0.2, 0.25) is 0 Å². The van der Waals surface area contributed by atoms with E-state index in [-0.39, 0.29) is 22.7 Å². The number of hydrogen-bond donors (Lipinski definition) is 1. The molecule has 0 spiro atoms. The van der Waals surface area contributed by atoms with Crippen molar-refractivity contribution in [1.29, 1.82) is 0 Å². The first-order valence-electron chi connectivity index (χ1n) is 7.19. The van der Waals surface area contributed by atoms with Crippen LogP contribution in [-0.2, 0) is 0 Å². The monoisotopic (exact) mass is 290 g/mol. The number of rotatable bonds is 3. The van der Waals surface area contributed by atoms with E-state index < -0.39 is 0 Å². The quantitative estimate of drug-likeness (QED) is 0.677. The smallest absolute Gasteiger partial charge is 0.317 e. The number of hydrogen-bond acceptors (Lipinski definition) is 4. The zero-order valence-corrected chi connectivity index (χ0v) is 11.7. The molecule has 21 heavy (non-hydrogen) atoms. The Bertz CT molecular complexity index is 563. The van der Waals surface area contributed by atoms with Gasteiger partial charge in [-0.25, -0.2) is 4.79 Å². The normalized spacial score (nSPS) is 22.3. The second-order valence-corrected chi connectivity index (χ2v) is 5.41. The van der Waals surface area contributed by atoms with Gasteiger partial charge < -0.3 is 15.1 Å². The molecule has 7 nitrogen and oxygen atoms in total. The van der Waals surface area contributed by atoms with E-state index in [2.05, 4.69) is 5.32 Å². The van der Waals surface area contributed by atoms with Crippen LogP contribution in [0.15, 0.2) is 24.3 Å². The van der Waals surface area contributed by atoms with Crippen molar-refractivity contribution in [3.05, 3.63) is 34.4 Å². The van der Waals surface area contributed by atoms with Crippen LogP contribution in [0.4, 0.5) is 16.2 Å². The maximum Gasteiger partial charge on any atom is 0.317 e. The number of nitrogens with zero attached hydrogens (tertiary/aromatic N) is 3. The maximum atomic E-state index is 11.8. The third-order valence-electron chi connectivity index (χ3n) is 4.15. The molecule has 2 fully saturated rings. The number of amides is 2. The summed E-state index contributed by atoms with van der Waals surface area (Å²) >= 11 is 0. The van der Waals surface area contributed by atoms with Crippen molar-refractivity contribution in [2.75, 3.05) is 31.1 Å². The molecule has 0 bridgehead atoms. The fraction of sp³-hybridized carbons (Fsp3) is 0.500. The largest absolute Gasteiger partial charge is 0.364 e. The second-order valence-electron chi connectivity index (χ2n) is 5.41. The fourth-order valence-corrected chi connectivity index (χ4v) is 3.15. The lowest BCUT2D eigenvalue weighted by Gasteiger charge is -2.37. The third-order valence-corrected chi connectivity index (χ3v) is 4.15. The predicted molar refractivity (Wildman–Crippen MR) is 78.4 cm³/mol. The highest BCUT2D eigenvalue weighted by Crippen LogP contribution is 2.30. The molecule has 2 aliphatic rings. The zero-order chi connectivity index (χ0) is 14.8. The summed E-state index contributed by atoms with van der Waals surface area (Å²) in [6.45, 7) is 2.84. The Morgan fingerprint density at radius 2 is 2.10 bits per heavy atom. The highest BCUT2D eigenvalue weighted by Gasteiger charge is 2.32. The number of piperidine rings is 1. The summed E-state index contributed by atoms with van der Waals surface area (Å²) in [5.41, 5.74) is 0.774. The number of nitrogens with one attached hydrogen (secondary N) is 1. The summed E-state index contributed by atoms with van der Waals surface area (Å²) < 4.78 is 0. The highest BCUT2D eigenvalue weighted by molar-refractivity contribution is 5.76. The standard InChI is InChI=1S/C14H18N4O3/c19-14-15-7-9-17(14)11-4-3-8-16(10-11)12-5-1-2-6-13(12)18(20)21/h1-2,5-6,11H,3-4,7-10H2,(H,15,19)/t11-/m1/s1. The molecule has 2 heterocycles. The summed E-state index contributed by atoms with van der Waals surface area (Å²) in [5.74, 6) is 0. The summed E-state index contributed by atoms with van der Waals surface area (Å²) in [5, 5.41) is 14.0. The van der Waals surface area contributed by atoms with Crippen LogP contribution in [0.5, 0.6) is 0 Å². The summed E-state index contributed by atoms with van der Waals surface area (Å²) in [4.78, 5) is 26.5. The van der Waals surface area contributed by atoms with E-state index >= 15 is 0 Å². The van der Waals surface area contributed by atoms with Crippen LogP contribution < -0.4 is 10.2 Å². The molecule has 2 aliphatic heterocycles. The van der Waals surface area contributed by atoms with Gasteiger partial charge in [0, 0.05) is 32.2 Å². The first-order valence-corrected chi connectivity index (χ1v) is 7.19.